The fourth-order valence-electron chi connectivity index (χ4n) is 4.13. The number of aromatic nitrogens is 1. The molecule has 192 valence electrons. The maximum atomic E-state index is 13.6. The van der Waals surface area contributed by atoms with E-state index in [1.54, 1.807) is 34.9 Å². The van der Waals surface area contributed by atoms with Crippen LogP contribution in [0.15, 0.2) is 82.5 Å². The van der Waals surface area contributed by atoms with Crippen molar-refractivity contribution in [2.24, 2.45) is 0 Å². The van der Waals surface area contributed by atoms with Gasteiger partial charge in [0.05, 0.1) is 21.7 Å². The number of carbonyl (C=O) groups is 1. The van der Waals surface area contributed by atoms with E-state index in [0.29, 0.717) is 32.7 Å². The van der Waals surface area contributed by atoms with Crippen LogP contribution in [0.4, 0.5) is 0 Å². The summed E-state index contributed by atoms with van der Waals surface area (Å²) in [7, 11) is -3.83. The molecule has 0 atom stereocenters. The maximum Gasteiger partial charge on any atom is 0.240 e. The summed E-state index contributed by atoms with van der Waals surface area (Å²) < 4.78 is 29.3. The number of nitrogens with zero attached hydrogens (tertiary/aromatic N) is 1. The minimum absolute atomic E-state index is 0.0298. The van der Waals surface area contributed by atoms with Crippen LogP contribution in [0.5, 0.6) is 0 Å². The van der Waals surface area contributed by atoms with Crippen molar-refractivity contribution in [1.29, 1.82) is 0 Å². The fourth-order valence-corrected chi connectivity index (χ4v) is 5.50. The SMILES string of the molecule is CC(=O)c1c(Cc2ccc(S(=O)(=O)NCC(C)(C)O)cc2)c(=O)c2ccc(Cl)cc2n1-c1ccccc1. The number of hydrogen-bond donors (Lipinski definition) is 2. The molecule has 9 heteroatoms. The van der Waals surface area contributed by atoms with Crippen molar-refractivity contribution in [3.8, 4) is 5.69 Å². The van der Waals surface area contributed by atoms with Crippen molar-refractivity contribution in [3.05, 3.63) is 105 Å². The van der Waals surface area contributed by atoms with Crippen LogP contribution in [0, 0.1) is 0 Å². The van der Waals surface area contributed by atoms with Crippen molar-refractivity contribution in [3.63, 3.8) is 0 Å². The number of rotatable bonds is 8. The number of carbonyl (C=O) groups excluding carboxylic acids is 1. The third-order valence-corrected chi connectivity index (χ3v) is 7.54. The van der Waals surface area contributed by atoms with Crippen LogP contribution in [0.3, 0.4) is 0 Å². The van der Waals surface area contributed by atoms with Crippen LogP contribution in [0.25, 0.3) is 16.6 Å². The summed E-state index contributed by atoms with van der Waals surface area (Å²) in [5.74, 6) is -0.284. The lowest BCUT2D eigenvalue weighted by Gasteiger charge is -2.20. The van der Waals surface area contributed by atoms with Crippen LogP contribution in [0.1, 0.15) is 42.4 Å². The molecule has 0 unspecified atom stereocenters. The molecular formula is C28H27ClN2O5S. The molecule has 4 aromatic rings. The lowest BCUT2D eigenvalue weighted by atomic mass is 9.98. The summed E-state index contributed by atoms with van der Waals surface area (Å²) in [5, 5.41) is 10.7. The lowest BCUT2D eigenvalue weighted by molar-refractivity contribution is 0.0857. The Labute approximate surface area is 220 Å². The third kappa shape index (κ3) is 5.83. The Morgan fingerprint density at radius 3 is 2.27 bits per heavy atom. The Morgan fingerprint density at radius 1 is 1.03 bits per heavy atom. The molecule has 0 aliphatic heterocycles. The molecule has 0 aliphatic carbocycles. The Kier molecular flexibility index (Phi) is 7.39. The number of hydrogen-bond acceptors (Lipinski definition) is 5. The topological polar surface area (TPSA) is 105 Å². The van der Waals surface area contributed by atoms with Crippen LogP contribution in [0.2, 0.25) is 5.02 Å². The molecule has 0 saturated carbocycles. The average molecular weight is 539 g/mol. The monoisotopic (exact) mass is 538 g/mol. The number of Topliss-reactive ketones (excluding diaryl/α,β-unsaturated/α-hetero) is 1. The number of pyridine rings is 1. The molecule has 0 bridgehead atoms. The van der Waals surface area contributed by atoms with E-state index in [9.17, 15) is 23.1 Å². The van der Waals surface area contributed by atoms with Crippen LogP contribution < -0.4 is 10.2 Å². The molecule has 0 fully saturated rings. The fraction of sp³-hybridized carbons (Fsp3) is 0.214. The molecule has 0 spiro atoms. The summed E-state index contributed by atoms with van der Waals surface area (Å²) in [6.07, 6.45) is 0.122. The largest absolute Gasteiger partial charge is 0.389 e. The van der Waals surface area contributed by atoms with E-state index in [0.717, 1.165) is 0 Å². The van der Waals surface area contributed by atoms with Crippen molar-refractivity contribution >= 4 is 38.3 Å². The summed E-state index contributed by atoms with van der Waals surface area (Å²) in [4.78, 5) is 26.6. The number of ketones is 1. The van der Waals surface area contributed by atoms with Gasteiger partial charge < -0.3 is 9.67 Å². The van der Waals surface area contributed by atoms with Crippen molar-refractivity contribution in [2.45, 2.75) is 37.7 Å². The first-order chi connectivity index (χ1) is 17.4. The maximum absolute atomic E-state index is 13.6. The van der Waals surface area contributed by atoms with Gasteiger partial charge in [0.25, 0.3) is 0 Å². The first-order valence-corrected chi connectivity index (χ1v) is 13.5. The van der Waals surface area contributed by atoms with Crippen molar-refractivity contribution in [1.82, 2.24) is 9.29 Å². The smallest absolute Gasteiger partial charge is 0.240 e. The van der Waals surface area contributed by atoms with Crippen molar-refractivity contribution in [2.75, 3.05) is 6.54 Å². The predicted octanol–water partition coefficient (Wildman–Crippen LogP) is 4.49. The Hall–Kier alpha value is -3.30. The Morgan fingerprint density at radius 2 is 1.68 bits per heavy atom. The molecule has 0 saturated heterocycles. The van der Waals surface area contributed by atoms with Gasteiger partial charge >= 0.3 is 0 Å². The van der Waals surface area contributed by atoms with Gasteiger partial charge in [-0.05, 0) is 61.9 Å². The van der Waals surface area contributed by atoms with Gasteiger partial charge in [0.15, 0.2) is 11.2 Å². The van der Waals surface area contributed by atoms with Gasteiger partial charge in [0.1, 0.15) is 0 Å². The minimum Gasteiger partial charge on any atom is -0.389 e. The van der Waals surface area contributed by atoms with Gasteiger partial charge in [-0.15, -0.1) is 0 Å². The normalized spacial score (nSPS) is 12.1. The second-order valence-corrected chi connectivity index (χ2v) is 11.7. The van der Waals surface area contributed by atoms with E-state index >= 15 is 0 Å². The van der Waals surface area contributed by atoms with E-state index < -0.39 is 15.6 Å². The van der Waals surface area contributed by atoms with E-state index in [1.165, 1.54) is 32.9 Å². The van der Waals surface area contributed by atoms with E-state index in [1.807, 2.05) is 30.3 Å². The van der Waals surface area contributed by atoms with Gasteiger partial charge in [-0.3, -0.25) is 9.59 Å². The first-order valence-electron chi connectivity index (χ1n) is 11.6. The number of halogens is 1. The number of fused-ring (bicyclic) bond motifs is 1. The zero-order valence-electron chi connectivity index (χ0n) is 20.7. The predicted molar refractivity (Wildman–Crippen MR) is 145 cm³/mol. The van der Waals surface area contributed by atoms with Crippen LogP contribution in [-0.2, 0) is 16.4 Å². The minimum atomic E-state index is -3.83. The van der Waals surface area contributed by atoms with Crippen molar-refractivity contribution < 1.29 is 18.3 Å². The molecule has 1 aromatic heterocycles. The molecular weight excluding hydrogens is 512 g/mol. The Bertz CT molecular complexity index is 1640. The van der Waals surface area contributed by atoms with Gasteiger partial charge in [-0.25, -0.2) is 13.1 Å². The summed E-state index contributed by atoms with van der Waals surface area (Å²) >= 11 is 6.26. The number of sulfonamides is 1. The summed E-state index contributed by atoms with van der Waals surface area (Å²) in [5.41, 5.74) is 0.963. The molecule has 2 N–H and O–H groups in total. The van der Waals surface area contributed by atoms with Crippen LogP contribution >= 0.6 is 11.6 Å². The number of aliphatic hydroxyl groups is 1. The second kappa shape index (κ2) is 10.2. The van der Waals surface area contributed by atoms with Gasteiger partial charge in [-0.1, -0.05) is 41.9 Å². The van der Waals surface area contributed by atoms with Gasteiger partial charge in [0.2, 0.25) is 10.0 Å². The molecule has 0 radical (unpaired) electrons. The second-order valence-electron chi connectivity index (χ2n) is 9.50. The number of benzene rings is 3. The lowest BCUT2D eigenvalue weighted by Crippen LogP contribution is -2.38. The highest BCUT2D eigenvalue weighted by Gasteiger charge is 2.23. The molecule has 0 aliphatic rings. The zero-order valence-corrected chi connectivity index (χ0v) is 22.2. The first kappa shape index (κ1) is 26.8. The standard InChI is InChI=1S/C28H27ClN2O5S/c1-18(32)26-24(15-19-9-12-22(13-10-19)37(35,36)30-17-28(2,3)34)27(33)23-14-11-20(29)16-25(23)31(26)21-7-5-4-6-8-21/h4-14,16,30,34H,15,17H2,1-3H3. The summed E-state index contributed by atoms with van der Waals surface area (Å²) in [6.45, 7) is 4.28. The Balaban J connectivity index is 1.83. The number of nitrogens with one attached hydrogen (secondary N) is 1. The molecule has 1 heterocycles. The van der Waals surface area contributed by atoms with E-state index in [-0.39, 0.29) is 34.8 Å². The molecule has 3 aromatic carbocycles. The zero-order chi connectivity index (χ0) is 27.0. The quantitative estimate of drug-likeness (QED) is 0.322. The van der Waals surface area contributed by atoms with Gasteiger partial charge in [0, 0.05) is 41.5 Å². The van der Waals surface area contributed by atoms with Crippen LogP contribution in [-0.4, -0.2) is 36.0 Å². The highest BCUT2D eigenvalue weighted by Crippen LogP contribution is 2.26. The molecule has 4 rings (SSSR count). The average Bonchev–Trinajstić information content (AvgIpc) is 2.84. The van der Waals surface area contributed by atoms with E-state index in [4.69, 9.17) is 11.6 Å². The van der Waals surface area contributed by atoms with Gasteiger partial charge in [-0.2, -0.15) is 0 Å². The molecule has 37 heavy (non-hydrogen) atoms. The third-order valence-electron chi connectivity index (χ3n) is 5.89. The highest BCUT2D eigenvalue weighted by molar-refractivity contribution is 7.89. The molecule has 0 amide bonds. The molecule has 7 nitrogen and oxygen atoms in total. The van der Waals surface area contributed by atoms with E-state index in [2.05, 4.69) is 4.72 Å². The number of para-hydroxylation sites is 1. The summed E-state index contributed by atoms with van der Waals surface area (Å²) in [6, 6.07) is 20.3. The highest BCUT2D eigenvalue weighted by atomic mass is 35.5.